The molecule has 0 saturated carbocycles. The summed E-state index contributed by atoms with van der Waals surface area (Å²) in [6.45, 7) is 8.26. The largest absolute Gasteiger partial charge is 0.289 e. The zero-order chi connectivity index (χ0) is 10.8. The molecule has 0 aromatic heterocycles. The van der Waals surface area contributed by atoms with Crippen LogP contribution >= 0.6 is 0 Å². The monoisotopic (exact) mass is 190 g/mol. The Balaban J connectivity index is 2.98. The van der Waals surface area contributed by atoms with Gasteiger partial charge in [-0.2, -0.15) is 0 Å². The highest BCUT2D eigenvalue weighted by atomic mass is 16.1. The molecular weight excluding hydrogens is 172 g/mol. The topological polar surface area (TPSA) is 17.1 Å². The average Bonchev–Trinajstić information content (AvgIpc) is 2.00. The van der Waals surface area contributed by atoms with Crippen LogP contribution in [0.25, 0.3) is 0 Å². The molecule has 0 spiro atoms. The molecule has 1 aliphatic carbocycles. The Morgan fingerprint density at radius 1 is 1.50 bits per heavy atom. The summed E-state index contributed by atoms with van der Waals surface area (Å²) in [7, 11) is 0. The van der Waals surface area contributed by atoms with E-state index in [9.17, 15) is 4.79 Å². The number of rotatable bonds is 2. The van der Waals surface area contributed by atoms with Crippen molar-refractivity contribution >= 4 is 5.78 Å². The Bertz CT molecular complexity index is 327. The zero-order valence-corrected chi connectivity index (χ0v) is 9.42. The van der Waals surface area contributed by atoms with E-state index >= 15 is 0 Å². The van der Waals surface area contributed by atoms with Gasteiger partial charge in [0.05, 0.1) is 0 Å². The van der Waals surface area contributed by atoms with E-state index in [1.165, 1.54) is 5.57 Å². The van der Waals surface area contributed by atoms with Gasteiger partial charge in [-0.1, -0.05) is 37.6 Å². The van der Waals surface area contributed by atoms with Gasteiger partial charge in [-0.05, 0) is 31.8 Å². The van der Waals surface area contributed by atoms with Gasteiger partial charge in [0.15, 0.2) is 5.78 Å². The average molecular weight is 190 g/mol. The van der Waals surface area contributed by atoms with Crippen molar-refractivity contribution < 1.29 is 4.79 Å². The Morgan fingerprint density at radius 3 is 2.64 bits per heavy atom. The molecule has 1 aliphatic rings. The minimum Gasteiger partial charge on any atom is -0.289 e. The summed E-state index contributed by atoms with van der Waals surface area (Å²) < 4.78 is 0. The molecule has 76 valence electrons. The number of hydrogen-bond donors (Lipinski definition) is 0. The van der Waals surface area contributed by atoms with Crippen LogP contribution in [-0.2, 0) is 4.79 Å². The van der Waals surface area contributed by atoms with E-state index in [2.05, 4.69) is 26.8 Å². The van der Waals surface area contributed by atoms with Crippen LogP contribution in [0.5, 0.6) is 0 Å². The highest BCUT2D eigenvalue weighted by Gasteiger charge is 2.21. The Hall–Kier alpha value is -1.11. The predicted octanol–water partition coefficient (Wildman–Crippen LogP) is 3.43. The third kappa shape index (κ3) is 2.69. The third-order valence-electron chi connectivity index (χ3n) is 2.29. The van der Waals surface area contributed by atoms with E-state index < -0.39 is 0 Å². The number of ketones is 1. The highest BCUT2D eigenvalue weighted by molar-refractivity contribution is 6.06. The van der Waals surface area contributed by atoms with Gasteiger partial charge in [0, 0.05) is 5.57 Å². The molecule has 0 amide bonds. The van der Waals surface area contributed by atoms with Gasteiger partial charge < -0.3 is 0 Å². The summed E-state index contributed by atoms with van der Waals surface area (Å²) in [6, 6.07) is 0. The van der Waals surface area contributed by atoms with E-state index in [0.29, 0.717) is 0 Å². The van der Waals surface area contributed by atoms with Crippen molar-refractivity contribution in [2.24, 2.45) is 5.41 Å². The number of carbonyl (C=O) groups is 1. The molecule has 0 bridgehead atoms. The first-order valence-electron chi connectivity index (χ1n) is 5.02. The van der Waals surface area contributed by atoms with Crippen LogP contribution in [0.4, 0.5) is 0 Å². The van der Waals surface area contributed by atoms with E-state index in [1.54, 1.807) is 12.2 Å². The summed E-state index contributed by atoms with van der Waals surface area (Å²) in [4.78, 5) is 11.6. The first-order chi connectivity index (χ1) is 6.44. The number of carbonyl (C=O) groups excluding carboxylic acids is 1. The molecule has 0 heterocycles. The van der Waals surface area contributed by atoms with Crippen molar-refractivity contribution in [3.05, 3.63) is 35.5 Å². The van der Waals surface area contributed by atoms with Gasteiger partial charge in [-0.3, -0.25) is 4.79 Å². The lowest BCUT2D eigenvalue weighted by atomic mass is 9.79. The maximum atomic E-state index is 11.6. The molecule has 0 unspecified atom stereocenters. The van der Waals surface area contributed by atoms with Crippen molar-refractivity contribution in [1.82, 2.24) is 0 Å². The standard InChI is InChI=1S/C13H18O/c1-5-6-12(14)11-7-10(2)8-13(3,4)9-11/h5-7,9H,8H2,1-4H3/b6-5+. The number of allylic oxidation sites excluding steroid dienone is 6. The molecule has 0 radical (unpaired) electrons. The molecule has 0 saturated heterocycles. The molecule has 1 heteroatoms. The van der Waals surface area contributed by atoms with Crippen LogP contribution in [0.15, 0.2) is 35.5 Å². The van der Waals surface area contributed by atoms with Crippen LogP contribution < -0.4 is 0 Å². The summed E-state index contributed by atoms with van der Waals surface area (Å²) >= 11 is 0. The molecule has 0 aromatic rings. The Labute approximate surface area is 86.2 Å². The normalized spacial score (nSPS) is 20.6. The fourth-order valence-corrected chi connectivity index (χ4v) is 1.94. The number of hydrogen-bond acceptors (Lipinski definition) is 1. The van der Waals surface area contributed by atoms with Crippen molar-refractivity contribution in [1.29, 1.82) is 0 Å². The SMILES string of the molecule is C/C=C/C(=O)C1=CC(C)(C)CC(C)=C1. The maximum Gasteiger partial charge on any atom is 0.185 e. The van der Waals surface area contributed by atoms with Crippen LogP contribution in [0, 0.1) is 5.41 Å². The first kappa shape index (κ1) is 11.0. The summed E-state index contributed by atoms with van der Waals surface area (Å²) in [5, 5.41) is 0. The van der Waals surface area contributed by atoms with Crippen molar-refractivity contribution in [2.45, 2.75) is 34.1 Å². The smallest absolute Gasteiger partial charge is 0.185 e. The third-order valence-corrected chi connectivity index (χ3v) is 2.29. The second kappa shape index (κ2) is 3.95. The van der Waals surface area contributed by atoms with Crippen LogP contribution in [0.2, 0.25) is 0 Å². The quantitative estimate of drug-likeness (QED) is 0.610. The summed E-state index contributed by atoms with van der Waals surface area (Å²) in [6.07, 6.45) is 8.51. The molecule has 0 aliphatic heterocycles. The lowest BCUT2D eigenvalue weighted by Crippen LogP contribution is -2.15. The molecule has 1 rings (SSSR count). The minimum atomic E-state index is 0.111. The Kier molecular flexibility index (Phi) is 3.10. The molecule has 14 heavy (non-hydrogen) atoms. The second-order valence-corrected chi connectivity index (χ2v) is 4.62. The van der Waals surface area contributed by atoms with Crippen LogP contribution in [0.1, 0.15) is 34.1 Å². The fraction of sp³-hybridized carbons (Fsp3) is 0.462. The van der Waals surface area contributed by atoms with Gasteiger partial charge in [-0.25, -0.2) is 0 Å². The van der Waals surface area contributed by atoms with Crippen LogP contribution in [0.3, 0.4) is 0 Å². The summed E-state index contributed by atoms with van der Waals surface area (Å²) in [5.41, 5.74) is 2.23. The molecule has 1 nitrogen and oxygen atoms in total. The second-order valence-electron chi connectivity index (χ2n) is 4.62. The minimum absolute atomic E-state index is 0.111. The van der Waals surface area contributed by atoms with Crippen molar-refractivity contribution in [2.75, 3.05) is 0 Å². The van der Waals surface area contributed by atoms with Crippen molar-refractivity contribution in [3.63, 3.8) is 0 Å². The predicted molar refractivity (Wildman–Crippen MR) is 60.1 cm³/mol. The van der Waals surface area contributed by atoms with Gasteiger partial charge in [0.25, 0.3) is 0 Å². The molecular formula is C13H18O. The van der Waals surface area contributed by atoms with E-state index in [1.807, 2.05) is 13.0 Å². The lowest BCUT2D eigenvalue weighted by molar-refractivity contribution is -0.111. The van der Waals surface area contributed by atoms with E-state index in [4.69, 9.17) is 0 Å². The Morgan fingerprint density at radius 2 is 2.14 bits per heavy atom. The highest BCUT2D eigenvalue weighted by Crippen LogP contribution is 2.33. The van der Waals surface area contributed by atoms with Gasteiger partial charge in [0.1, 0.15) is 0 Å². The van der Waals surface area contributed by atoms with Crippen molar-refractivity contribution in [3.8, 4) is 0 Å². The molecule has 0 N–H and O–H groups in total. The van der Waals surface area contributed by atoms with Gasteiger partial charge in [0.2, 0.25) is 0 Å². The van der Waals surface area contributed by atoms with Gasteiger partial charge >= 0.3 is 0 Å². The van der Waals surface area contributed by atoms with E-state index in [0.717, 1.165) is 12.0 Å². The lowest BCUT2D eigenvalue weighted by Gasteiger charge is -2.25. The fourth-order valence-electron chi connectivity index (χ4n) is 1.94. The summed E-state index contributed by atoms with van der Waals surface area (Å²) in [5.74, 6) is 0.111. The van der Waals surface area contributed by atoms with E-state index in [-0.39, 0.29) is 11.2 Å². The van der Waals surface area contributed by atoms with Crippen LogP contribution in [-0.4, -0.2) is 5.78 Å². The molecule has 0 fully saturated rings. The maximum absolute atomic E-state index is 11.6. The first-order valence-corrected chi connectivity index (χ1v) is 5.02. The zero-order valence-electron chi connectivity index (χ0n) is 9.42. The molecule has 0 aromatic carbocycles. The van der Waals surface area contributed by atoms with Gasteiger partial charge in [-0.15, -0.1) is 0 Å². The molecule has 0 atom stereocenters.